The molecule has 34 heavy (non-hydrogen) atoms. The van der Waals surface area contributed by atoms with Gasteiger partial charge < -0.3 is 19.2 Å². The van der Waals surface area contributed by atoms with Gasteiger partial charge in [-0.15, -0.1) is 0 Å². The van der Waals surface area contributed by atoms with Crippen LogP contribution in [0.4, 0.5) is 4.39 Å². The van der Waals surface area contributed by atoms with Crippen molar-refractivity contribution in [2.75, 3.05) is 0 Å². The first-order valence-electron chi connectivity index (χ1n) is 12.0. The third kappa shape index (κ3) is 4.04. The van der Waals surface area contributed by atoms with Gasteiger partial charge in [-0.1, -0.05) is 19.1 Å². The van der Waals surface area contributed by atoms with Gasteiger partial charge in [0.15, 0.2) is 0 Å². The Hall–Kier alpha value is -3.35. The predicted octanol–water partition coefficient (Wildman–Crippen LogP) is 5.00. The molecule has 0 radical (unpaired) electrons. The Morgan fingerprint density at radius 3 is 2.47 bits per heavy atom. The van der Waals surface area contributed by atoms with Crippen LogP contribution in [0.2, 0.25) is 0 Å². The summed E-state index contributed by atoms with van der Waals surface area (Å²) in [7, 11) is 0. The highest BCUT2D eigenvalue weighted by molar-refractivity contribution is 6.00. The summed E-state index contributed by atoms with van der Waals surface area (Å²) < 4.78 is 21.0. The average molecular weight is 464 g/mol. The van der Waals surface area contributed by atoms with Crippen molar-refractivity contribution in [3.8, 4) is 11.5 Å². The lowest BCUT2D eigenvalue weighted by molar-refractivity contribution is -0.134. The van der Waals surface area contributed by atoms with Crippen molar-refractivity contribution in [1.29, 1.82) is 0 Å². The molecule has 2 aromatic heterocycles. The molecule has 0 spiro atoms. The lowest BCUT2D eigenvalue weighted by Crippen LogP contribution is -2.64. The molecule has 2 amide bonds. The third-order valence-electron chi connectivity index (χ3n) is 7.37. The highest BCUT2D eigenvalue weighted by Crippen LogP contribution is 2.35. The molecule has 1 fully saturated rings. The van der Waals surface area contributed by atoms with Crippen molar-refractivity contribution in [3.05, 3.63) is 71.9 Å². The number of fused-ring (bicyclic) bond motifs is 1. The molecule has 3 heterocycles. The fraction of sp³-hybridized carbons (Fsp3) is 0.407. The van der Waals surface area contributed by atoms with E-state index in [-0.39, 0.29) is 30.2 Å². The zero-order chi connectivity index (χ0) is 23.9. The Balaban J connectivity index is 1.50. The van der Waals surface area contributed by atoms with Crippen molar-refractivity contribution < 1.29 is 18.4 Å². The molecule has 1 unspecified atom stereocenters. The minimum Gasteiger partial charge on any atom is -0.463 e. The second-order valence-corrected chi connectivity index (χ2v) is 9.89. The Kier molecular flexibility index (Phi) is 5.80. The summed E-state index contributed by atoms with van der Waals surface area (Å²) in [4.78, 5) is 29.2. The number of nitrogens with one attached hydrogen (secondary N) is 1. The van der Waals surface area contributed by atoms with Crippen molar-refractivity contribution in [2.24, 2.45) is 5.92 Å². The maximum Gasteiger partial charge on any atom is 0.271 e. The molecule has 1 aromatic carbocycles. The summed E-state index contributed by atoms with van der Waals surface area (Å²) in [6.45, 7) is 4.58. The summed E-state index contributed by atoms with van der Waals surface area (Å²) in [6.07, 6.45) is 5.66. The van der Waals surface area contributed by atoms with Crippen LogP contribution in [-0.4, -0.2) is 32.9 Å². The van der Waals surface area contributed by atoms with Gasteiger partial charge >= 0.3 is 0 Å². The van der Waals surface area contributed by atoms with Gasteiger partial charge in [-0.05, 0) is 80.5 Å². The standard InChI is InChI=1S/C27H30FN3O3/c1-18-5-11-21(12-6-18)29-26(33)27(2)17-30-22(24-4-3-15-34-24)13-14-23(30)25(32)31(27)16-19-7-9-20(28)10-8-19/h3-4,7-10,13-15,18,21H,5-6,11-12,16-17H2,1-2H3,(H,29,33). The largest absolute Gasteiger partial charge is 0.463 e. The molecule has 6 nitrogen and oxygen atoms in total. The second kappa shape index (κ2) is 8.78. The van der Waals surface area contributed by atoms with Crippen molar-refractivity contribution in [1.82, 2.24) is 14.8 Å². The molecular formula is C27H30FN3O3. The van der Waals surface area contributed by atoms with Gasteiger partial charge in [0, 0.05) is 12.6 Å². The quantitative estimate of drug-likeness (QED) is 0.579. The number of carbonyl (C=O) groups is 2. The van der Waals surface area contributed by atoms with Crippen molar-refractivity contribution in [3.63, 3.8) is 0 Å². The van der Waals surface area contributed by atoms with E-state index in [1.165, 1.54) is 12.1 Å². The molecule has 1 N–H and O–H groups in total. The van der Waals surface area contributed by atoms with E-state index in [1.807, 2.05) is 23.6 Å². The summed E-state index contributed by atoms with van der Waals surface area (Å²) in [6, 6.07) is 13.5. The van der Waals surface area contributed by atoms with E-state index >= 15 is 0 Å². The normalized spacial score (nSPS) is 24.7. The van der Waals surface area contributed by atoms with Crippen molar-refractivity contribution >= 4 is 11.8 Å². The Labute approximate surface area is 198 Å². The minimum atomic E-state index is -1.12. The lowest BCUT2D eigenvalue weighted by atomic mass is 9.86. The summed E-state index contributed by atoms with van der Waals surface area (Å²) >= 11 is 0. The van der Waals surface area contributed by atoms with E-state index < -0.39 is 5.54 Å². The number of amides is 2. The molecule has 7 heteroatoms. The van der Waals surface area contributed by atoms with E-state index in [4.69, 9.17) is 4.42 Å². The van der Waals surface area contributed by atoms with E-state index in [0.29, 0.717) is 23.9 Å². The van der Waals surface area contributed by atoms with E-state index in [9.17, 15) is 14.0 Å². The van der Waals surface area contributed by atoms with Crippen LogP contribution in [0, 0.1) is 11.7 Å². The van der Waals surface area contributed by atoms with Crippen LogP contribution in [0.5, 0.6) is 0 Å². The monoisotopic (exact) mass is 463 g/mol. The van der Waals surface area contributed by atoms with Crippen LogP contribution in [0.3, 0.4) is 0 Å². The van der Waals surface area contributed by atoms with Gasteiger partial charge in [-0.25, -0.2) is 4.39 Å². The molecule has 0 bridgehead atoms. The third-order valence-corrected chi connectivity index (χ3v) is 7.37. The number of nitrogens with zero attached hydrogens (tertiary/aromatic N) is 2. The number of furan rings is 1. The average Bonchev–Trinajstić information content (AvgIpc) is 3.49. The van der Waals surface area contributed by atoms with Gasteiger partial charge in [-0.3, -0.25) is 9.59 Å². The second-order valence-electron chi connectivity index (χ2n) is 9.89. The van der Waals surface area contributed by atoms with E-state index in [1.54, 1.807) is 35.4 Å². The maximum absolute atomic E-state index is 13.8. The summed E-state index contributed by atoms with van der Waals surface area (Å²) in [5.74, 6) is 0.594. The Morgan fingerprint density at radius 2 is 1.79 bits per heavy atom. The fourth-order valence-electron chi connectivity index (χ4n) is 5.18. The van der Waals surface area contributed by atoms with Gasteiger partial charge in [-0.2, -0.15) is 0 Å². The number of halogens is 1. The molecule has 3 aromatic rings. The van der Waals surface area contributed by atoms with Gasteiger partial charge in [0.25, 0.3) is 5.91 Å². The van der Waals surface area contributed by atoms with Crippen LogP contribution >= 0.6 is 0 Å². The van der Waals surface area contributed by atoms with Gasteiger partial charge in [0.1, 0.15) is 22.8 Å². The number of carbonyl (C=O) groups excluding carboxylic acids is 2. The molecule has 1 saturated carbocycles. The smallest absolute Gasteiger partial charge is 0.271 e. The van der Waals surface area contributed by atoms with E-state index in [0.717, 1.165) is 36.9 Å². The van der Waals surface area contributed by atoms with Crippen molar-refractivity contribution in [2.45, 2.75) is 64.2 Å². The summed E-state index contributed by atoms with van der Waals surface area (Å²) in [5, 5.41) is 3.24. The lowest BCUT2D eigenvalue weighted by Gasteiger charge is -2.45. The zero-order valence-corrected chi connectivity index (χ0v) is 19.6. The topological polar surface area (TPSA) is 67.5 Å². The molecule has 1 aliphatic heterocycles. The molecule has 178 valence electrons. The van der Waals surface area contributed by atoms with Crippen LogP contribution in [0.25, 0.3) is 11.5 Å². The highest BCUT2D eigenvalue weighted by atomic mass is 19.1. The molecule has 1 atom stereocenters. The number of hydrogen-bond acceptors (Lipinski definition) is 3. The van der Waals surface area contributed by atoms with E-state index in [2.05, 4.69) is 12.2 Å². The Bertz CT molecular complexity index is 1180. The van der Waals surface area contributed by atoms with Gasteiger partial charge in [0.2, 0.25) is 5.91 Å². The van der Waals surface area contributed by atoms with Crippen LogP contribution < -0.4 is 5.32 Å². The molecule has 5 rings (SSSR count). The molecule has 1 aliphatic carbocycles. The summed E-state index contributed by atoms with van der Waals surface area (Å²) in [5.41, 5.74) is 0.916. The molecular weight excluding hydrogens is 433 g/mol. The van der Waals surface area contributed by atoms with Gasteiger partial charge in [0.05, 0.1) is 18.5 Å². The van der Waals surface area contributed by atoms with Crippen LogP contribution in [0.1, 0.15) is 55.6 Å². The minimum absolute atomic E-state index is 0.110. The van der Waals surface area contributed by atoms with Crippen LogP contribution in [0.15, 0.2) is 59.2 Å². The Morgan fingerprint density at radius 1 is 1.09 bits per heavy atom. The number of hydrogen-bond donors (Lipinski definition) is 1. The first kappa shape index (κ1) is 22.4. The van der Waals surface area contributed by atoms with Crippen LogP contribution in [-0.2, 0) is 17.9 Å². The molecule has 2 aliphatic rings. The number of aromatic nitrogens is 1. The molecule has 0 saturated heterocycles. The fourth-order valence-corrected chi connectivity index (χ4v) is 5.18. The first-order valence-corrected chi connectivity index (χ1v) is 12.0. The SMILES string of the molecule is CC1CCC(NC(=O)C2(C)Cn3c(ccc3-c3ccco3)C(=O)N2Cc2ccc(F)cc2)CC1. The predicted molar refractivity (Wildman–Crippen MR) is 126 cm³/mol. The first-order chi connectivity index (χ1) is 16.3. The zero-order valence-electron chi connectivity index (χ0n) is 19.6. The maximum atomic E-state index is 13.8. The number of rotatable bonds is 5. The highest BCUT2D eigenvalue weighted by Gasteiger charge is 2.48. The number of benzene rings is 1.